The van der Waals surface area contributed by atoms with E-state index in [4.69, 9.17) is 4.74 Å². The summed E-state index contributed by atoms with van der Waals surface area (Å²) in [6.07, 6.45) is 3.50. The van der Waals surface area contributed by atoms with Crippen molar-refractivity contribution < 1.29 is 9.53 Å². The Bertz CT molecular complexity index is 119. The lowest BCUT2D eigenvalue weighted by molar-refractivity contribution is -0.142. The van der Waals surface area contributed by atoms with Gasteiger partial charge in [0.1, 0.15) is 5.44 Å². The SMILES string of the molecule is CC(=O)O[C@H]1CCCCS1. The smallest absolute Gasteiger partial charge is 0.303 e. The van der Waals surface area contributed by atoms with Crippen LogP contribution in [0.2, 0.25) is 0 Å². The second-order valence-electron chi connectivity index (χ2n) is 2.41. The first-order chi connectivity index (χ1) is 4.79. The van der Waals surface area contributed by atoms with Gasteiger partial charge in [0.2, 0.25) is 0 Å². The Balaban J connectivity index is 2.19. The molecule has 0 spiro atoms. The van der Waals surface area contributed by atoms with Crippen molar-refractivity contribution in [3.63, 3.8) is 0 Å². The van der Waals surface area contributed by atoms with Gasteiger partial charge >= 0.3 is 5.97 Å². The topological polar surface area (TPSA) is 26.3 Å². The van der Waals surface area contributed by atoms with Crippen LogP contribution >= 0.6 is 11.8 Å². The Kier molecular flexibility index (Phi) is 3.06. The molecule has 1 aliphatic rings. The van der Waals surface area contributed by atoms with Gasteiger partial charge in [-0.1, -0.05) is 0 Å². The van der Waals surface area contributed by atoms with Crippen molar-refractivity contribution in [3.8, 4) is 0 Å². The summed E-state index contributed by atoms with van der Waals surface area (Å²) in [6.45, 7) is 1.47. The van der Waals surface area contributed by atoms with Crippen LogP contribution in [-0.2, 0) is 9.53 Å². The monoisotopic (exact) mass is 160 g/mol. The maximum atomic E-state index is 10.5. The molecule has 3 heteroatoms. The van der Waals surface area contributed by atoms with Crippen LogP contribution in [0.4, 0.5) is 0 Å². The van der Waals surface area contributed by atoms with Crippen molar-refractivity contribution in [1.29, 1.82) is 0 Å². The van der Waals surface area contributed by atoms with Gasteiger partial charge in [-0.2, -0.15) is 0 Å². The summed E-state index contributed by atoms with van der Waals surface area (Å²) in [5.41, 5.74) is 0.145. The standard InChI is InChI=1S/C7H12O2S/c1-6(8)9-7-4-2-3-5-10-7/h7H,2-5H2,1H3/t7-/m1/s1. The molecule has 0 aromatic rings. The molecular weight excluding hydrogens is 148 g/mol. The molecule has 0 bridgehead atoms. The normalized spacial score (nSPS) is 25.9. The molecule has 58 valence electrons. The van der Waals surface area contributed by atoms with Crippen LogP contribution in [0.1, 0.15) is 26.2 Å². The van der Waals surface area contributed by atoms with E-state index < -0.39 is 0 Å². The Morgan fingerprint density at radius 1 is 1.60 bits per heavy atom. The lowest BCUT2D eigenvalue weighted by atomic mass is 10.2. The zero-order valence-corrected chi connectivity index (χ0v) is 6.95. The average Bonchev–Trinajstić information content (AvgIpc) is 1.88. The van der Waals surface area contributed by atoms with Crippen LogP contribution in [0.3, 0.4) is 0 Å². The van der Waals surface area contributed by atoms with Gasteiger partial charge < -0.3 is 4.74 Å². The molecule has 0 aromatic heterocycles. The van der Waals surface area contributed by atoms with E-state index in [0.717, 1.165) is 12.2 Å². The third-order valence-corrected chi connectivity index (χ3v) is 2.66. The Hall–Kier alpha value is -0.180. The second kappa shape index (κ2) is 3.86. The molecule has 0 saturated carbocycles. The molecule has 0 N–H and O–H groups in total. The van der Waals surface area contributed by atoms with Crippen LogP contribution in [0.25, 0.3) is 0 Å². The van der Waals surface area contributed by atoms with E-state index in [9.17, 15) is 4.79 Å². The van der Waals surface area contributed by atoms with Gasteiger partial charge in [0.25, 0.3) is 0 Å². The number of carbonyl (C=O) groups excluding carboxylic acids is 1. The third-order valence-electron chi connectivity index (χ3n) is 1.44. The molecule has 1 rings (SSSR count). The highest BCUT2D eigenvalue weighted by molar-refractivity contribution is 7.99. The van der Waals surface area contributed by atoms with E-state index in [-0.39, 0.29) is 11.4 Å². The van der Waals surface area contributed by atoms with Gasteiger partial charge in [-0.15, -0.1) is 11.8 Å². The summed E-state index contributed by atoms with van der Waals surface area (Å²) in [5, 5.41) is 0. The number of esters is 1. The van der Waals surface area contributed by atoms with Crippen LogP contribution in [-0.4, -0.2) is 17.2 Å². The largest absolute Gasteiger partial charge is 0.451 e. The molecule has 0 aromatic carbocycles. The van der Waals surface area contributed by atoms with Crippen molar-refractivity contribution >= 4 is 17.7 Å². The van der Waals surface area contributed by atoms with Crippen LogP contribution < -0.4 is 0 Å². The molecule has 0 amide bonds. The van der Waals surface area contributed by atoms with E-state index in [1.54, 1.807) is 11.8 Å². The molecule has 0 unspecified atom stereocenters. The van der Waals surface area contributed by atoms with Crippen molar-refractivity contribution in [2.24, 2.45) is 0 Å². The van der Waals surface area contributed by atoms with E-state index in [2.05, 4.69) is 0 Å². The number of carbonyl (C=O) groups is 1. The molecule has 1 aliphatic heterocycles. The Morgan fingerprint density at radius 2 is 2.40 bits per heavy atom. The molecule has 1 atom stereocenters. The zero-order valence-electron chi connectivity index (χ0n) is 6.13. The van der Waals surface area contributed by atoms with Gasteiger partial charge in [-0.25, -0.2) is 0 Å². The van der Waals surface area contributed by atoms with Gasteiger partial charge in [-0.3, -0.25) is 4.79 Å². The molecular formula is C7H12O2S. The fourth-order valence-corrected chi connectivity index (χ4v) is 2.16. The van der Waals surface area contributed by atoms with E-state index in [1.807, 2.05) is 0 Å². The highest BCUT2D eigenvalue weighted by Crippen LogP contribution is 2.25. The van der Waals surface area contributed by atoms with Crippen molar-refractivity contribution in [2.75, 3.05) is 5.75 Å². The van der Waals surface area contributed by atoms with E-state index >= 15 is 0 Å². The molecule has 0 aliphatic carbocycles. The van der Waals surface area contributed by atoms with Gasteiger partial charge in [0.05, 0.1) is 0 Å². The third kappa shape index (κ3) is 2.60. The fourth-order valence-electron chi connectivity index (χ4n) is 0.989. The lowest BCUT2D eigenvalue weighted by Crippen LogP contribution is -2.16. The highest BCUT2D eigenvalue weighted by Gasteiger charge is 2.15. The minimum atomic E-state index is -0.153. The Morgan fingerprint density at radius 3 is 2.90 bits per heavy atom. The van der Waals surface area contributed by atoms with Crippen molar-refractivity contribution in [3.05, 3.63) is 0 Å². The summed E-state index contributed by atoms with van der Waals surface area (Å²) in [6, 6.07) is 0. The number of thioether (sulfide) groups is 1. The van der Waals surface area contributed by atoms with Gasteiger partial charge in [-0.05, 0) is 25.0 Å². The van der Waals surface area contributed by atoms with Crippen LogP contribution in [0, 0.1) is 0 Å². The zero-order chi connectivity index (χ0) is 7.40. The van der Waals surface area contributed by atoms with Crippen molar-refractivity contribution in [2.45, 2.75) is 31.6 Å². The summed E-state index contributed by atoms with van der Waals surface area (Å²) >= 11 is 1.75. The first-order valence-corrected chi connectivity index (χ1v) is 4.63. The predicted molar refractivity (Wildman–Crippen MR) is 41.9 cm³/mol. The average molecular weight is 160 g/mol. The highest BCUT2D eigenvalue weighted by atomic mass is 32.2. The summed E-state index contributed by atoms with van der Waals surface area (Å²) < 4.78 is 5.02. The summed E-state index contributed by atoms with van der Waals surface area (Å²) in [7, 11) is 0. The molecule has 1 heterocycles. The number of hydrogen-bond donors (Lipinski definition) is 0. The minimum Gasteiger partial charge on any atom is -0.451 e. The van der Waals surface area contributed by atoms with E-state index in [0.29, 0.717) is 0 Å². The fraction of sp³-hybridized carbons (Fsp3) is 0.857. The van der Waals surface area contributed by atoms with Crippen LogP contribution in [0.5, 0.6) is 0 Å². The molecule has 2 nitrogen and oxygen atoms in total. The van der Waals surface area contributed by atoms with E-state index in [1.165, 1.54) is 19.8 Å². The molecule has 1 saturated heterocycles. The maximum Gasteiger partial charge on any atom is 0.303 e. The maximum absolute atomic E-state index is 10.5. The summed E-state index contributed by atoms with van der Waals surface area (Å²) in [4.78, 5) is 10.5. The van der Waals surface area contributed by atoms with Crippen molar-refractivity contribution in [1.82, 2.24) is 0 Å². The quantitative estimate of drug-likeness (QED) is 0.547. The van der Waals surface area contributed by atoms with Gasteiger partial charge in [0, 0.05) is 6.92 Å². The van der Waals surface area contributed by atoms with Gasteiger partial charge in [0.15, 0.2) is 0 Å². The molecule has 10 heavy (non-hydrogen) atoms. The summed E-state index contributed by atoms with van der Waals surface area (Å²) in [5.74, 6) is 0.984. The molecule has 1 fully saturated rings. The second-order valence-corrected chi connectivity index (χ2v) is 3.67. The number of hydrogen-bond acceptors (Lipinski definition) is 3. The van der Waals surface area contributed by atoms with Crippen LogP contribution in [0.15, 0.2) is 0 Å². The minimum absolute atomic E-state index is 0.145. The first-order valence-electron chi connectivity index (χ1n) is 3.58. The first kappa shape index (κ1) is 7.92. The Labute approximate surface area is 65.3 Å². The molecule has 0 radical (unpaired) electrons. The predicted octanol–water partition coefficient (Wildman–Crippen LogP) is 1.79. The number of ether oxygens (including phenoxy) is 1. The number of rotatable bonds is 1. The lowest BCUT2D eigenvalue weighted by Gasteiger charge is -2.20.